The zero-order valence-electron chi connectivity index (χ0n) is 18.3. The quantitative estimate of drug-likeness (QED) is 0.482. The predicted molar refractivity (Wildman–Crippen MR) is 118 cm³/mol. The molecule has 2 aliphatic carbocycles. The molecule has 2 saturated carbocycles. The van der Waals surface area contributed by atoms with Gasteiger partial charge in [-0.05, 0) is 42.9 Å². The van der Waals surface area contributed by atoms with Crippen molar-refractivity contribution >= 4 is 17.7 Å². The third kappa shape index (κ3) is 4.42. The van der Waals surface area contributed by atoms with Crippen molar-refractivity contribution in [2.45, 2.75) is 95.8 Å². The van der Waals surface area contributed by atoms with Crippen molar-refractivity contribution in [2.24, 2.45) is 10.8 Å². The fourth-order valence-electron chi connectivity index (χ4n) is 6.33. The maximum Gasteiger partial charge on any atom is 0.233 e. The van der Waals surface area contributed by atoms with Gasteiger partial charge in [-0.15, -0.1) is 16.8 Å². The van der Waals surface area contributed by atoms with Gasteiger partial charge in [-0.25, -0.2) is 0 Å². The maximum atomic E-state index is 13.1. The second-order valence-corrected chi connectivity index (χ2v) is 11.5. The van der Waals surface area contributed by atoms with Gasteiger partial charge in [-0.2, -0.15) is 0 Å². The molecule has 6 heteroatoms. The van der Waals surface area contributed by atoms with E-state index in [4.69, 9.17) is 0 Å². The number of nitrogens with zero attached hydrogens (tertiary/aromatic N) is 4. The van der Waals surface area contributed by atoms with Gasteiger partial charge in [0, 0.05) is 25.0 Å². The van der Waals surface area contributed by atoms with E-state index in [0.717, 1.165) is 30.4 Å². The molecular formula is C23H36N4OS. The average molecular weight is 417 g/mol. The molecule has 1 aliphatic heterocycles. The largest absolute Gasteiger partial charge is 0.338 e. The first kappa shape index (κ1) is 21.0. The number of likely N-dealkylation sites (tertiary alicyclic amines) is 1. The number of rotatable bonds is 6. The summed E-state index contributed by atoms with van der Waals surface area (Å²) in [6.45, 7) is 12.6. The first-order valence-corrected chi connectivity index (χ1v) is 12.3. The third-order valence-electron chi connectivity index (χ3n) is 7.09. The fourth-order valence-corrected chi connectivity index (χ4v) is 7.17. The van der Waals surface area contributed by atoms with Crippen LogP contribution in [0.25, 0.3) is 0 Å². The van der Waals surface area contributed by atoms with Gasteiger partial charge >= 0.3 is 0 Å². The second kappa shape index (κ2) is 8.09. The van der Waals surface area contributed by atoms with Gasteiger partial charge < -0.3 is 9.47 Å². The van der Waals surface area contributed by atoms with E-state index in [1.54, 1.807) is 11.8 Å². The SMILES string of the molecule is C=CCn1c(SCC(=O)N2CC3(C)CC2CC(C)(C)C3)nnc1C1CCCCC1. The highest BCUT2D eigenvalue weighted by molar-refractivity contribution is 7.99. The molecule has 160 valence electrons. The highest BCUT2D eigenvalue weighted by Gasteiger charge is 2.50. The van der Waals surface area contributed by atoms with Crippen molar-refractivity contribution in [3.05, 3.63) is 18.5 Å². The summed E-state index contributed by atoms with van der Waals surface area (Å²) in [5.74, 6) is 2.30. The molecule has 0 spiro atoms. The molecule has 0 N–H and O–H groups in total. The minimum atomic E-state index is 0.258. The van der Waals surface area contributed by atoms with E-state index in [1.807, 2.05) is 6.08 Å². The molecule has 1 aromatic rings. The molecule has 0 radical (unpaired) electrons. The van der Waals surface area contributed by atoms with Crippen LogP contribution in [0, 0.1) is 10.8 Å². The van der Waals surface area contributed by atoms with Crippen LogP contribution in [0.3, 0.4) is 0 Å². The van der Waals surface area contributed by atoms with E-state index in [9.17, 15) is 4.79 Å². The van der Waals surface area contributed by atoms with E-state index in [0.29, 0.717) is 29.7 Å². The normalized spacial score (nSPS) is 29.2. The minimum absolute atomic E-state index is 0.258. The van der Waals surface area contributed by atoms with Crippen LogP contribution >= 0.6 is 11.8 Å². The number of carbonyl (C=O) groups is 1. The van der Waals surface area contributed by atoms with Crippen molar-refractivity contribution < 1.29 is 4.79 Å². The summed E-state index contributed by atoms with van der Waals surface area (Å²) < 4.78 is 2.19. The lowest BCUT2D eigenvalue weighted by molar-refractivity contribution is -0.129. The van der Waals surface area contributed by atoms with Crippen LogP contribution in [0.1, 0.15) is 83.9 Å². The van der Waals surface area contributed by atoms with E-state index >= 15 is 0 Å². The highest BCUT2D eigenvalue weighted by Crippen LogP contribution is 2.52. The van der Waals surface area contributed by atoms with Gasteiger partial charge in [0.15, 0.2) is 5.16 Å². The zero-order chi connectivity index (χ0) is 20.6. The molecule has 2 atom stereocenters. The lowest BCUT2D eigenvalue weighted by Crippen LogP contribution is -2.38. The number of aromatic nitrogens is 3. The molecule has 2 heterocycles. The van der Waals surface area contributed by atoms with E-state index in [2.05, 4.69) is 47.0 Å². The van der Waals surface area contributed by atoms with Gasteiger partial charge in [-0.3, -0.25) is 4.79 Å². The summed E-state index contributed by atoms with van der Waals surface area (Å²) in [5.41, 5.74) is 0.614. The Bertz CT molecular complexity index is 767. The topological polar surface area (TPSA) is 51.0 Å². The summed E-state index contributed by atoms with van der Waals surface area (Å²) in [6.07, 6.45) is 11.7. The van der Waals surface area contributed by atoms with Crippen LogP contribution < -0.4 is 0 Å². The highest BCUT2D eigenvalue weighted by atomic mass is 32.2. The van der Waals surface area contributed by atoms with Gasteiger partial charge in [0.25, 0.3) is 0 Å². The Kier molecular flexibility index (Phi) is 5.84. The first-order valence-electron chi connectivity index (χ1n) is 11.3. The van der Waals surface area contributed by atoms with Crippen LogP contribution in [0.5, 0.6) is 0 Å². The Morgan fingerprint density at radius 1 is 1.21 bits per heavy atom. The van der Waals surface area contributed by atoms with Gasteiger partial charge in [0.2, 0.25) is 5.91 Å². The number of amides is 1. The summed E-state index contributed by atoms with van der Waals surface area (Å²) in [7, 11) is 0. The standard InChI is InChI=1S/C23H36N4OS/c1-5-11-26-20(17-9-7-6-8-10-17)24-25-21(26)29-14-19(28)27-16-23(4)13-18(27)12-22(2,3)15-23/h5,17-18H,1,6-16H2,2-4H3. The predicted octanol–water partition coefficient (Wildman–Crippen LogP) is 5.03. The fraction of sp³-hybridized carbons (Fsp3) is 0.783. The third-order valence-corrected chi connectivity index (χ3v) is 8.04. The zero-order valence-corrected chi connectivity index (χ0v) is 19.1. The lowest BCUT2D eigenvalue weighted by atomic mass is 9.65. The van der Waals surface area contributed by atoms with Crippen molar-refractivity contribution in [2.75, 3.05) is 12.3 Å². The Labute approximate surface area is 179 Å². The molecule has 3 aliphatic rings. The molecule has 1 amide bonds. The monoisotopic (exact) mass is 416 g/mol. The van der Waals surface area contributed by atoms with Crippen LogP contribution in [-0.4, -0.2) is 43.9 Å². The molecule has 4 rings (SSSR count). The molecule has 29 heavy (non-hydrogen) atoms. The number of thioether (sulfide) groups is 1. The van der Waals surface area contributed by atoms with Gasteiger partial charge in [0.1, 0.15) is 5.82 Å². The van der Waals surface area contributed by atoms with Crippen LogP contribution in [0.4, 0.5) is 0 Å². The smallest absolute Gasteiger partial charge is 0.233 e. The number of carbonyl (C=O) groups excluding carboxylic acids is 1. The van der Waals surface area contributed by atoms with Crippen LogP contribution in [0.15, 0.2) is 17.8 Å². The Morgan fingerprint density at radius 3 is 2.69 bits per heavy atom. The number of hydrogen-bond donors (Lipinski definition) is 0. The van der Waals surface area contributed by atoms with Gasteiger partial charge in [0.05, 0.1) is 5.75 Å². The summed E-state index contributed by atoms with van der Waals surface area (Å²) in [4.78, 5) is 15.3. The Balaban J connectivity index is 1.43. The number of hydrogen-bond acceptors (Lipinski definition) is 4. The molecule has 1 aromatic heterocycles. The number of fused-ring (bicyclic) bond motifs is 2. The minimum Gasteiger partial charge on any atom is -0.338 e. The molecule has 5 nitrogen and oxygen atoms in total. The van der Waals surface area contributed by atoms with E-state index in [1.165, 1.54) is 38.5 Å². The Hall–Kier alpha value is -1.30. The van der Waals surface area contributed by atoms with Gasteiger partial charge in [-0.1, -0.05) is 57.9 Å². The Morgan fingerprint density at radius 2 is 1.97 bits per heavy atom. The van der Waals surface area contributed by atoms with Crippen LogP contribution in [0.2, 0.25) is 0 Å². The van der Waals surface area contributed by atoms with E-state index in [-0.39, 0.29) is 11.3 Å². The molecule has 1 saturated heterocycles. The first-order chi connectivity index (χ1) is 13.8. The average Bonchev–Trinajstić information content (AvgIpc) is 3.17. The van der Waals surface area contributed by atoms with Crippen molar-refractivity contribution in [3.63, 3.8) is 0 Å². The lowest BCUT2D eigenvalue weighted by Gasteiger charge is -2.39. The van der Waals surface area contributed by atoms with E-state index < -0.39 is 0 Å². The molecular weight excluding hydrogens is 380 g/mol. The molecule has 2 unspecified atom stereocenters. The molecule has 3 fully saturated rings. The van der Waals surface area contributed by atoms with Crippen molar-refractivity contribution in [3.8, 4) is 0 Å². The summed E-state index contributed by atoms with van der Waals surface area (Å²) in [6, 6.07) is 0.403. The van der Waals surface area contributed by atoms with Crippen molar-refractivity contribution in [1.82, 2.24) is 19.7 Å². The molecule has 0 aromatic carbocycles. The van der Waals surface area contributed by atoms with Crippen LogP contribution in [-0.2, 0) is 11.3 Å². The summed E-state index contributed by atoms with van der Waals surface area (Å²) in [5, 5.41) is 9.87. The summed E-state index contributed by atoms with van der Waals surface area (Å²) >= 11 is 1.55. The number of allylic oxidation sites excluding steroid dienone is 1. The second-order valence-electron chi connectivity index (χ2n) is 10.6. The maximum absolute atomic E-state index is 13.1. The van der Waals surface area contributed by atoms with Crippen molar-refractivity contribution in [1.29, 1.82) is 0 Å². The molecule has 2 bridgehead atoms.